The fourth-order valence-corrected chi connectivity index (χ4v) is 1.69. The molecule has 98 valence electrons. The van der Waals surface area contributed by atoms with Gasteiger partial charge in [0.2, 0.25) is 5.91 Å². The van der Waals surface area contributed by atoms with Gasteiger partial charge in [0, 0.05) is 18.4 Å². The van der Waals surface area contributed by atoms with Gasteiger partial charge in [0.05, 0.1) is 4.92 Å². The highest BCUT2D eigenvalue weighted by molar-refractivity contribution is 6.17. The molecule has 0 aliphatic rings. The maximum absolute atomic E-state index is 11.6. The van der Waals surface area contributed by atoms with Crippen molar-refractivity contribution in [2.75, 3.05) is 11.2 Å². The average Bonchev–Trinajstić information content (AvgIpc) is 2.29. The first-order valence-corrected chi connectivity index (χ1v) is 6.19. The Balaban J connectivity index is 2.73. The van der Waals surface area contributed by atoms with Gasteiger partial charge in [-0.3, -0.25) is 14.9 Å². The molecule has 0 spiro atoms. The molecular weight excluding hydrogens is 256 g/mol. The van der Waals surface area contributed by atoms with Crippen molar-refractivity contribution in [3.05, 3.63) is 33.9 Å². The molecule has 0 unspecified atom stereocenters. The molecule has 18 heavy (non-hydrogen) atoms. The number of rotatable bonds is 6. The van der Waals surface area contributed by atoms with Gasteiger partial charge in [0.15, 0.2) is 0 Å². The normalized spacial score (nSPS) is 10.1. The summed E-state index contributed by atoms with van der Waals surface area (Å²) < 4.78 is 0. The molecule has 0 aliphatic carbocycles. The van der Waals surface area contributed by atoms with Crippen molar-refractivity contribution in [3.8, 4) is 0 Å². The molecule has 1 amide bonds. The minimum absolute atomic E-state index is 0.0914. The number of hydrogen-bond acceptors (Lipinski definition) is 3. The van der Waals surface area contributed by atoms with Gasteiger partial charge < -0.3 is 5.32 Å². The molecule has 1 aromatic rings. The van der Waals surface area contributed by atoms with Gasteiger partial charge in [-0.1, -0.05) is 6.07 Å². The van der Waals surface area contributed by atoms with Crippen molar-refractivity contribution in [1.82, 2.24) is 0 Å². The van der Waals surface area contributed by atoms with Crippen LogP contribution in [0.25, 0.3) is 0 Å². The van der Waals surface area contributed by atoms with Crippen molar-refractivity contribution in [2.24, 2.45) is 0 Å². The van der Waals surface area contributed by atoms with E-state index >= 15 is 0 Å². The van der Waals surface area contributed by atoms with Crippen LogP contribution in [-0.4, -0.2) is 16.7 Å². The minimum Gasteiger partial charge on any atom is -0.320 e. The fourth-order valence-electron chi connectivity index (χ4n) is 1.50. The number of amides is 1. The van der Waals surface area contributed by atoms with Gasteiger partial charge in [0.25, 0.3) is 5.69 Å². The third-order valence-corrected chi connectivity index (χ3v) is 2.68. The molecule has 0 aromatic heterocycles. The van der Waals surface area contributed by atoms with Crippen LogP contribution in [0.15, 0.2) is 18.2 Å². The van der Waals surface area contributed by atoms with Gasteiger partial charge in [-0.15, -0.1) is 11.6 Å². The van der Waals surface area contributed by atoms with E-state index in [9.17, 15) is 14.9 Å². The molecule has 1 aromatic carbocycles. The SMILES string of the molecule is Cc1ccc([N+](=O)[O-])c(NC(=O)CCCCCl)c1. The van der Waals surface area contributed by atoms with Crippen LogP contribution in [0.3, 0.4) is 0 Å². The maximum atomic E-state index is 11.6. The molecular formula is C12H15ClN2O3. The van der Waals surface area contributed by atoms with Gasteiger partial charge >= 0.3 is 0 Å². The average molecular weight is 271 g/mol. The van der Waals surface area contributed by atoms with Crippen LogP contribution in [0.1, 0.15) is 24.8 Å². The predicted octanol–water partition coefficient (Wildman–Crippen LogP) is 3.25. The van der Waals surface area contributed by atoms with Gasteiger partial charge in [0.1, 0.15) is 5.69 Å². The lowest BCUT2D eigenvalue weighted by Gasteiger charge is -2.06. The Kier molecular flexibility index (Phi) is 5.58. The first kappa shape index (κ1) is 14.4. The lowest BCUT2D eigenvalue weighted by atomic mass is 10.2. The van der Waals surface area contributed by atoms with E-state index in [1.54, 1.807) is 12.1 Å². The van der Waals surface area contributed by atoms with Crippen LogP contribution < -0.4 is 5.32 Å². The van der Waals surface area contributed by atoms with Crippen LogP contribution in [0.2, 0.25) is 0 Å². The standard InChI is InChI=1S/C12H15ClN2O3/c1-9-5-6-11(15(17)18)10(8-9)14-12(16)4-2-3-7-13/h5-6,8H,2-4,7H2,1H3,(H,14,16). The van der Waals surface area contributed by atoms with Crippen molar-refractivity contribution >= 4 is 28.9 Å². The third kappa shape index (κ3) is 4.33. The molecule has 1 rings (SSSR count). The second kappa shape index (κ2) is 6.96. The molecule has 0 saturated carbocycles. The lowest BCUT2D eigenvalue weighted by molar-refractivity contribution is -0.383. The molecule has 5 nitrogen and oxygen atoms in total. The molecule has 0 fully saturated rings. The largest absolute Gasteiger partial charge is 0.320 e. The highest BCUT2D eigenvalue weighted by atomic mass is 35.5. The Labute approximate surface area is 110 Å². The van der Waals surface area contributed by atoms with Crippen LogP contribution in [0, 0.1) is 17.0 Å². The quantitative estimate of drug-likeness (QED) is 0.373. The summed E-state index contributed by atoms with van der Waals surface area (Å²) in [5.74, 6) is 0.284. The van der Waals surface area contributed by atoms with E-state index in [0.717, 1.165) is 12.0 Å². The minimum atomic E-state index is -0.506. The smallest absolute Gasteiger partial charge is 0.292 e. The molecule has 0 bridgehead atoms. The lowest BCUT2D eigenvalue weighted by Crippen LogP contribution is -2.12. The number of benzene rings is 1. The second-order valence-corrected chi connectivity index (χ2v) is 4.35. The van der Waals surface area contributed by atoms with Crippen LogP contribution in [0.5, 0.6) is 0 Å². The van der Waals surface area contributed by atoms with Crippen LogP contribution in [-0.2, 0) is 4.79 Å². The highest BCUT2D eigenvalue weighted by Gasteiger charge is 2.15. The highest BCUT2D eigenvalue weighted by Crippen LogP contribution is 2.25. The topological polar surface area (TPSA) is 72.2 Å². The number of alkyl halides is 1. The van der Waals surface area contributed by atoms with E-state index in [1.165, 1.54) is 6.07 Å². The van der Waals surface area contributed by atoms with Gasteiger partial charge in [-0.25, -0.2) is 0 Å². The van der Waals surface area contributed by atoms with E-state index < -0.39 is 4.92 Å². The number of aryl methyl sites for hydroxylation is 1. The number of nitrogens with one attached hydrogen (secondary N) is 1. The zero-order valence-corrected chi connectivity index (χ0v) is 10.9. The summed E-state index contributed by atoms with van der Waals surface area (Å²) in [4.78, 5) is 21.9. The van der Waals surface area contributed by atoms with Crippen molar-refractivity contribution in [2.45, 2.75) is 26.2 Å². The number of nitro benzene ring substituents is 1. The number of anilines is 1. The first-order valence-electron chi connectivity index (χ1n) is 5.65. The van der Waals surface area contributed by atoms with Gasteiger partial charge in [-0.2, -0.15) is 0 Å². The number of carbonyl (C=O) groups excluding carboxylic acids is 1. The fraction of sp³-hybridized carbons (Fsp3) is 0.417. The summed E-state index contributed by atoms with van der Waals surface area (Å²) in [5, 5.41) is 13.4. The number of nitrogens with zero attached hydrogens (tertiary/aromatic N) is 1. The molecule has 1 N–H and O–H groups in total. The zero-order chi connectivity index (χ0) is 13.5. The van der Waals surface area contributed by atoms with E-state index in [1.807, 2.05) is 6.92 Å². The Hall–Kier alpha value is -1.62. The Morgan fingerprint density at radius 2 is 2.17 bits per heavy atom. The van der Waals surface area contributed by atoms with E-state index in [2.05, 4.69) is 5.32 Å². The Bertz CT molecular complexity index is 449. The summed E-state index contributed by atoms with van der Waals surface area (Å²) in [5.41, 5.74) is 1.01. The summed E-state index contributed by atoms with van der Waals surface area (Å²) in [7, 11) is 0. The zero-order valence-electron chi connectivity index (χ0n) is 10.1. The van der Waals surface area contributed by atoms with E-state index in [4.69, 9.17) is 11.6 Å². The predicted molar refractivity (Wildman–Crippen MR) is 71.0 cm³/mol. The summed E-state index contributed by atoms with van der Waals surface area (Å²) in [6.45, 7) is 1.81. The van der Waals surface area contributed by atoms with Crippen molar-refractivity contribution in [3.63, 3.8) is 0 Å². The van der Waals surface area contributed by atoms with Crippen molar-refractivity contribution < 1.29 is 9.72 Å². The molecule has 0 radical (unpaired) electrons. The maximum Gasteiger partial charge on any atom is 0.292 e. The molecule has 0 heterocycles. The van der Waals surface area contributed by atoms with Crippen LogP contribution >= 0.6 is 11.6 Å². The number of hydrogen-bond donors (Lipinski definition) is 1. The Morgan fingerprint density at radius 3 is 2.78 bits per heavy atom. The summed E-state index contributed by atoms with van der Waals surface area (Å²) >= 11 is 5.51. The second-order valence-electron chi connectivity index (χ2n) is 3.97. The molecule has 6 heteroatoms. The molecule has 0 atom stereocenters. The summed E-state index contributed by atoms with van der Waals surface area (Å²) in [6, 6.07) is 4.63. The van der Waals surface area contributed by atoms with Gasteiger partial charge in [-0.05, 0) is 31.4 Å². The van der Waals surface area contributed by atoms with Crippen LogP contribution in [0.4, 0.5) is 11.4 Å². The number of carbonyl (C=O) groups is 1. The van der Waals surface area contributed by atoms with E-state index in [-0.39, 0.29) is 17.3 Å². The number of unbranched alkanes of at least 4 members (excludes halogenated alkanes) is 1. The number of nitro groups is 1. The third-order valence-electron chi connectivity index (χ3n) is 2.41. The number of halogens is 1. The summed E-state index contributed by atoms with van der Waals surface area (Å²) in [6.07, 6.45) is 1.75. The monoisotopic (exact) mass is 270 g/mol. The molecule has 0 aliphatic heterocycles. The van der Waals surface area contributed by atoms with Crippen molar-refractivity contribution in [1.29, 1.82) is 0 Å². The molecule has 0 saturated heterocycles. The Morgan fingerprint density at radius 1 is 1.44 bits per heavy atom. The van der Waals surface area contributed by atoms with E-state index in [0.29, 0.717) is 18.7 Å². The first-order chi connectivity index (χ1) is 8.54.